The summed E-state index contributed by atoms with van der Waals surface area (Å²) >= 11 is 0. The maximum absolute atomic E-state index is 13.2. The highest BCUT2D eigenvalue weighted by molar-refractivity contribution is 5.27. The largest absolute Gasteiger partial charge is 0.333 e. The molecule has 0 fully saturated rings. The maximum Gasteiger partial charge on any atom is 0.123 e. The van der Waals surface area contributed by atoms with Gasteiger partial charge in [-0.2, -0.15) is 0 Å². The van der Waals surface area contributed by atoms with Gasteiger partial charge in [-0.1, -0.05) is 6.07 Å². The molecule has 100 valence electrons. The number of rotatable bonds is 3. The van der Waals surface area contributed by atoms with Gasteiger partial charge in [0.2, 0.25) is 0 Å². The first kappa shape index (κ1) is 12.3. The zero-order chi connectivity index (χ0) is 13.2. The Hall–Kier alpha value is -1.72. The predicted octanol–water partition coefficient (Wildman–Crippen LogP) is 1.50. The van der Waals surface area contributed by atoms with Crippen LogP contribution >= 0.6 is 0 Å². The molecule has 19 heavy (non-hydrogen) atoms. The predicted molar refractivity (Wildman–Crippen MR) is 70.6 cm³/mol. The van der Waals surface area contributed by atoms with Gasteiger partial charge in [0.05, 0.1) is 6.54 Å². The second-order valence-electron chi connectivity index (χ2n) is 4.86. The molecule has 0 aliphatic carbocycles. The number of benzene rings is 1. The Morgan fingerprint density at radius 3 is 3.00 bits per heavy atom. The van der Waals surface area contributed by atoms with Crippen LogP contribution in [-0.4, -0.2) is 21.0 Å². The molecule has 1 aliphatic heterocycles. The third-order valence-corrected chi connectivity index (χ3v) is 3.61. The van der Waals surface area contributed by atoms with Gasteiger partial charge in [-0.25, -0.2) is 9.37 Å². The van der Waals surface area contributed by atoms with Crippen molar-refractivity contribution in [3.8, 4) is 0 Å². The van der Waals surface area contributed by atoms with Crippen molar-refractivity contribution in [3.05, 3.63) is 53.4 Å². The van der Waals surface area contributed by atoms with Crippen molar-refractivity contribution in [1.29, 1.82) is 0 Å². The van der Waals surface area contributed by atoms with Gasteiger partial charge in [0.1, 0.15) is 11.6 Å². The quantitative estimate of drug-likeness (QED) is 0.909. The van der Waals surface area contributed by atoms with E-state index in [2.05, 4.69) is 14.5 Å². The number of imidazole rings is 1. The summed E-state index contributed by atoms with van der Waals surface area (Å²) in [5.74, 6) is 0.862. The molecular weight excluding hydrogens is 243 g/mol. The van der Waals surface area contributed by atoms with Gasteiger partial charge >= 0.3 is 0 Å². The minimum Gasteiger partial charge on any atom is -0.333 e. The summed E-state index contributed by atoms with van der Waals surface area (Å²) in [6.45, 7) is 3.92. The van der Waals surface area contributed by atoms with Crippen molar-refractivity contribution in [1.82, 2.24) is 14.5 Å². The third-order valence-electron chi connectivity index (χ3n) is 3.61. The Morgan fingerprint density at radius 1 is 1.26 bits per heavy atom. The summed E-state index contributed by atoms with van der Waals surface area (Å²) in [6.07, 6.45) is 3.85. The molecule has 0 spiro atoms. The van der Waals surface area contributed by atoms with Crippen molar-refractivity contribution in [2.24, 2.45) is 5.73 Å². The molecule has 2 N–H and O–H groups in total. The smallest absolute Gasteiger partial charge is 0.123 e. The van der Waals surface area contributed by atoms with Gasteiger partial charge in [0.25, 0.3) is 0 Å². The molecule has 0 saturated heterocycles. The van der Waals surface area contributed by atoms with Crippen molar-refractivity contribution < 1.29 is 4.39 Å². The monoisotopic (exact) mass is 260 g/mol. The number of nitrogens with zero attached hydrogens (tertiary/aromatic N) is 3. The molecule has 0 radical (unpaired) electrons. The lowest BCUT2D eigenvalue weighted by molar-refractivity contribution is 0.208. The van der Waals surface area contributed by atoms with E-state index in [0.29, 0.717) is 6.54 Å². The molecule has 3 rings (SSSR count). The molecule has 0 atom stereocenters. The molecule has 0 unspecified atom stereocenters. The van der Waals surface area contributed by atoms with Crippen LogP contribution < -0.4 is 5.73 Å². The summed E-state index contributed by atoms with van der Waals surface area (Å²) in [7, 11) is 0. The molecule has 4 nitrogen and oxygen atoms in total. The van der Waals surface area contributed by atoms with Crippen LogP contribution in [0.2, 0.25) is 0 Å². The lowest BCUT2D eigenvalue weighted by Gasteiger charge is -2.28. The van der Waals surface area contributed by atoms with Crippen LogP contribution in [-0.2, 0) is 26.2 Å². The average Bonchev–Trinajstić information content (AvgIpc) is 2.88. The second kappa shape index (κ2) is 5.11. The van der Waals surface area contributed by atoms with E-state index in [-0.39, 0.29) is 5.82 Å². The number of aromatic nitrogens is 2. The molecule has 1 aliphatic rings. The van der Waals surface area contributed by atoms with Crippen LogP contribution in [0.5, 0.6) is 0 Å². The fourth-order valence-corrected chi connectivity index (χ4v) is 2.54. The molecular formula is C14H17FN4. The Balaban J connectivity index is 1.76. The van der Waals surface area contributed by atoms with E-state index < -0.39 is 0 Å². The van der Waals surface area contributed by atoms with E-state index in [9.17, 15) is 4.39 Å². The van der Waals surface area contributed by atoms with E-state index >= 15 is 0 Å². The maximum atomic E-state index is 13.2. The fourth-order valence-electron chi connectivity index (χ4n) is 2.54. The molecule has 0 saturated carbocycles. The molecule has 5 heteroatoms. The van der Waals surface area contributed by atoms with Gasteiger partial charge in [0, 0.05) is 38.6 Å². The zero-order valence-corrected chi connectivity index (χ0v) is 10.7. The number of hydrogen-bond donors (Lipinski definition) is 1. The molecule has 2 heterocycles. The first-order valence-electron chi connectivity index (χ1n) is 6.46. The normalized spacial score (nSPS) is 15.5. The van der Waals surface area contributed by atoms with Gasteiger partial charge in [-0.15, -0.1) is 0 Å². The van der Waals surface area contributed by atoms with Gasteiger partial charge in [-0.05, 0) is 23.3 Å². The summed E-state index contributed by atoms with van der Waals surface area (Å²) < 4.78 is 15.4. The molecule has 1 aromatic carbocycles. The Kier molecular flexibility index (Phi) is 3.31. The van der Waals surface area contributed by atoms with Gasteiger partial charge in [-0.3, -0.25) is 4.90 Å². The topological polar surface area (TPSA) is 47.1 Å². The lowest BCUT2D eigenvalue weighted by Crippen LogP contribution is -2.33. The van der Waals surface area contributed by atoms with E-state index in [0.717, 1.165) is 43.1 Å². The fraction of sp³-hybridized carbons (Fsp3) is 0.357. The number of fused-ring (bicyclic) bond motifs is 1. The summed E-state index contributed by atoms with van der Waals surface area (Å²) in [6, 6.07) is 4.86. The third kappa shape index (κ3) is 2.52. The first-order valence-corrected chi connectivity index (χ1v) is 6.46. The Bertz CT molecular complexity index is 579. The van der Waals surface area contributed by atoms with Crippen molar-refractivity contribution in [3.63, 3.8) is 0 Å². The molecule has 0 amide bonds. The number of halogens is 1. The molecule has 0 bridgehead atoms. The summed E-state index contributed by atoms with van der Waals surface area (Å²) in [5, 5.41) is 0. The minimum atomic E-state index is -0.224. The van der Waals surface area contributed by atoms with Crippen molar-refractivity contribution in [2.75, 3.05) is 6.54 Å². The van der Waals surface area contributed by atoms with E-state index in [1.165, 1.54) is 12.1 Å². The Morgan fingerprint density at radius 2 is 2.16 bits per heavy atom. The van der Waals surface area contributed by atoms with Gasteiger partial charge < -0.3 is 10.3 Å². The van der Waals surface area contributed by atoms with E-state index in [1.807, 2.05) is 18.5 Å². The lowest BCUT2D eigenvalue weighted by atomic mass is 10.1. The minimum absolute atomic E-state index is 0.224. The Labute approximate surface area is 111 Å². The van der Waals surface area contributed by atoms with Crippen LogP contribution in [0.1, 0.15) is 17.0 Å². The first-order chi connectivity index (χ1) is 9.26. The number of nitrogens with two attached hydrogens (primary N) is 1. The molecule has 1 aromatic heterocycles. The average molecular weight is 260 g/mol. The van der Waals surface area contributed by atoms with Crippen molar-refractivity contribution >= 4 is 0 Å². The van der Waals surface area contributed by atoms with E-state index in [4.69, 9.17) is 5.73 Å². The van der Waals surface area contributed by atoms with Gasteiger partial charge in [0.15, 0.2) is 0 Å². The van der Waals surface area contributed by atoms with Crippen molar-refractivity contribution in [2.45, 2.75) is 26.2 Å². The highest BCUT2D eigenvalue weighted by Crippen LogP contribution is 2.17. The summed E-state index contributed by atoms with van der Waals surface area (Å²) in [4.78, 5) is 6.66. The van der Waals surface area contributed by atoms with E-state index in [1.54, 1.807) is 0 Å². The highest BCUT2D eigenvalue weighted by atomic mass is 19.1. The van der Waals surface area contributed by atoms with Crippen LogP contribution in [0.3, 0.4) is 0 Å². The van der Waals surface area contributed by atoms with Crippen LogP contribution in [0, 0.1) is 5.82 Å². The zero-order valence-electron chi connectivity index (χ0n) is 10.7. The SMILES string of the molecule is NCc1cc(F)ccc1CN1CCn2ccnc2C1. The molecule has 2 aromatic rings. The van der Waals surface area contributed by atoms with Crippen LogP contribution in [0.25, 0.3) is 0 Å². The highest BCUT2D eigenvalue weighted by Gasteiger charge is 2.17. The van der Waals surface area contributed by atoms with Crippen LogP contribution in [0.4, 0.5) is 4.39 Å². The van der Waals surface area contributed by atoms with Crippen LogP contribution in [0.15, 0.2) is 30.6 Å². The number of hydrogen-bond acceptors (Lipinski definition) is 3. The summed E-state index contributed by atoms with van der Waals surface area (Å²) in [5.41, 5.74) is 7.67. The second-order valence-corrected chi connectivity index (χ2v) is 4.86. The standard InChI is InChI=1S/C14H17FN4/c15-13-2-1-11(12(7-13)8-16)9-18-5-6-19-4-3-17-14(19)10-18/h1-4,7H,5-6,8-10,16H2.